The number of aliphatic imine (C=N–C) groups is 1. The van der Waals surface area contributed by atoms with E-state index >= 15 is 0 Å². The van der Waals surface area contributed by atoms with Crippen LogP contribution in [0.15, 0.2) is 70.9 Å². The van der Waals surface area contributed by atoms with Crippen molar-refractivity contribution >= 4 is 41.5 Å². The molecular formula is C27H29N3O7S. The number of hydrogen-bond donors (Lipinski definition) is 1. The number of esters is 2. The van der Waals surface area contributed by atoms with Crippen LogP contribution in [0.25, 0.3) is 0 Å². The molecule has 0 aliphatic carbocycles. The van der Waals surface area contributed by atoms with Crippen LogP contribution in [0.4, 0.5) is 5.69 Å². The molecule has 1 amide bonds. The lowest BCUT2D eigenvalue weighted by molar-refractivity contribution is -0.384. The molecule has 3 atom stereocenters. The molecule has 1 aliphatic rings. The van der Waals surface area contributed by atoms with E-state index in [-0.39, 0.29) is 29.7 Å². The number of non-ortho nitro benzene ring substituents is 1. The van der Waals surface area contributed by atoms with E-state index in [2.05, 4.69) is 10.3 Å². The molecule has 0 fully saturated rings. The molecule has 0 aromatic heterocycles. The highest BCUT2D eigenvalue weighted by Crippen LogP contribution is 2.42. The van der Waals surface area contributed by atoms with Gasteiger partial charge in [-0.3, -0.25) is 24.7 Å². The molecule has 11 heteroatoms. The van der Waals surface area contributed by atoms with Crippen molar-refractivity contribution < 1.29 is 28.8 Å². The molecule has 10 nitrogen and oxygen atoms in total. The van der Waals surface area contributed by atoms with Gasteiger partial charge in [-0.25, -0.2) is 4.79 Å². The maximum absolute atomic E-state index is 13.3. The molecule has 0 bridgehead atoms. The van der Waals surface area contributed by atoms with E-state index in [1.54, 1.807) is 19.9 Å². The maximum atomic E-state index is 13.3. The van der Waals surface area contributed by atoms with Crippen LogP contribution in [-0.4, -0.2) is 54.2 Å². The van der Waals surface area contributed by atoms with Gasteiger partial charge >= 0.3 is 11.9 Å². The van der Waals surface area contributed by atoms with Gasteiger partial charge in [0.2, 0.25) is 6.41 Å². The number of amides is 1. The Bertz CT molecular complexity index is 1250. The van der Waals surface area contributed by atoms with Gasteiger partial charge in [-0.15, -0.1) is 0 Å². The number of carbonyl (C=O) groups excluding carboxylic acids is 3. The number of nitro groups is 1. The number of ether oxygens (including phenoxy) is 2. The zero-order valence-corrected chi connectivity index (χ0v) is 22.1. The number of thioether (sulfide) groups is 1. The largest absolute Gasteiger partial charge is 0.468 e. The number of carbonyl (C=O) groups is 3. The third kappa shape index (κ3) is 6.65. The SMILES string of the molecule is CCOC(=O)C1=C(CSCC(NC=O)c2ccccc2)N=C(C)C(C(=O)OC)C1c1cccc([N+](=O)[O-])c1. The Balaban J connectivity index is 2.05. The average Bonchev–Trinajstić information content (AvgIpc) is 2.92. The normalized spacial score (nSPS) is 17.7. The van der Waals surface area contributed by atoms with Crippen molar-refractivity contribution in [2.75, 3.05) is 25.2 Å². The Morgan fingerprint density at radius 2 is 1.95 bits per heavy atom. The van der Waals surface area contributed by atoms with Crippen molar-refractivity contribution in [3.05, 3.63) is 87.1 Å². The highest BCUT2D eigenvalue weighted by molar-refractivity contribution is 7.99. The number of nitrogens with zero attached hydrogens (tertiary/aromatic N) is 2. The second kappa shape index (κ2) is 13.5. The van der Waals surface area contributed by atoms with Crippen LogP contribution in [0.1, 0.15) is 36.9 Å². The standard InChI is InChI=1S/C27H29N3O7S/c1-4-37-27(33)25-22(15-38-14-21(28-16-31)18-9-6-5-7-10-18)29-17(2)23(26(32)36-3)24(25)19-11-8-12-20(13-19)30(34)35/h5-13,16,21,23-24H,4,14-15H2,1-3H3,(H,28,31). The van der Waals surface area contributed by atoms with Gasteiger partial charge in [0.1, 0.15) is 5.92 Å². The molecule has 0 saturated heterocycles. The van der Waals surface area contributed by atoms with E-state index < -0.39 is 28.7 Å². The number of rotatable bonds is 12. The predicted octanol–water partition coefficient (Wildman–Crippen LogP) is 3.98. The first-order chi connectivity index (χ1) is 18.3. The smallest absolute Gasteiger partial charge is 0.336 e. The van der Waals surface area contributed by atoms with Gasteiger partial charge in [-0.05, 0) is 25.0 Å². The summed E-state index contributed by atoms with van der Waals surface area (Å²) in [4.78, 5) is 53.0. The summed E-state index contributed by atoms with van der Waals surface area (Å²) in [6.45, 7) is 3.43. The van der Waals surface area contributed by atoms with Crippen molar-refractivity contribution in [1.29, 1.82) is 0 Å². The topological polar surface area (TPSA) is 137 Å². The fraction of sp³-hybridized carbons (Fsp3) is 0.333. The van der Waals surface area contributed by atoms with Crippen LogP contribution in [0.5, 0.6) is 0 Å². The summed E-state index contributed by atoms with van der Waals surface area (Å²) >= 11 is 1.45. The fourth-order valence-electron chi connectivity index (χ4n) is 4.40. The van der Waals surface area contributed by atoms with E-state index in [1.165, 1.54) is 37.1 Å². The summed E-state index contributed by atoms with van der Waals surface area (Å²) < 4.78 is 10.4. The molecule has 1 aliphatic heterocycles. The second-order valence-electron chi connectivity index (χ2n) is 8.43. The van der Waals surface area contributed by atoms with Gasteiger partial charge in [0, 0.05) is 35.3 Å². The van der Waals surface area contributed by atoms with Crippen LogP contribution in [0.3, 0.4) is 0 Å². The molecule has 2 aromatic rings. The minimum Gasteiger partial charge on any atom is -0.468 e. The highest BCUT2D eigenvalue weighted by atomic mass is 32.2. The van der Waals surface area contributed by atoms with Crippen LogP contribution >= 0.6 is 11.8 Å². The van der Waals surface area contributed by atoms with Gasteiger partial charge < -0.3 is 14.8 Å². The quantitative estimate of drug-likeness (QED) is 0.185. The second-order valence-corrected chi connectivity index (χ2v) is 9.46. The van der Waals surface area contributed by atoms with Gasteiger partial charge in [0.05, 0.1) is 36.0 Å². The van der Waals surface area contributed by atoms with E-state index in [9.17, 15) is 24.5 Å². The van der Waals surface area contributed by atoms with Gasteiger partial charge in [-0.1, -0.05) is 42.5 Å². The highest BCUT2D eigenvalue weighted by Gasteiger charge is 2.43. The van der Waals surface area contributed by atoms with Crippen LogP contribution < -0.4 is 5.32 Å². The number of hydrogen-bond acceptors (Lipinski definition) is 9. The molecule has 1 N–H and O–H groups in total. The molecular weight excluding hydrogens is 510 g/mol. The van der Waals surface area contributed by atoms with Gasteiger partial charge in [0.15, 0.2) is 0 Å². The first-order valence-electron chi connectivity index (χ1n) is 11.9. The van der Waals surface area contributed by atoms with E-state index in [0.717, 1.165) is 5.56 Å². The summed E-state index contributed by atoms with van der Waals surface area (Å²) in [5, 5.41) is 14.3. The maximum Gasteiger partial charge on any atom is 0.336 e. The van der Waals surface area contributed by atoms with Crippen molar-refractivity contribution in [2.24, 2.45) is 10.9 Å². The van der Waals surface area contributed by atoms with E-state index in [4.69, 9.17) is 9.47 Å². The lowest BCUT2D eigenvalue weighted by Crippen LogP contribution is -2.36. The minimum absolute atomic E-state index is 0.0926. The summed E-state index contributed by atoms with van der Waals surface area (Å²) in [6.07, 6.45) is 0.643. The summed E-state index contributed by atoms with van der Waals surface area (Å²) in [5.41, 5.74) is 2.13. The monoisotopic (exact) mass is 539 g/mol. The molecule has 0 radical (unpaired) electrons. The molecule has 38 heavy (non-hydrogen) atoms. The zero-order chi connectivity index (χ0) is 27.7. The van der Waals surface area contributed by atoms with Crippen LogP contribution in [-0.2, 0) is 23.9 Å². The van der Waals surface area contributed by atoms with Crippen molar-refractivity contribution in [3.63, 3.8) is 0 Å². The number of benzene rings is 2. The number of nitrogens with one attached hydrogen (secondary N) is 1. The average molecular weight is 540 g/mol. The number of methoxy groups -OCH3 is 1. The molecule has 1 heterocycles. The Morgan fingerprint density at radius 1 is 1.21 bits per heavy atom. The molecule has 200 valence electrons. The predicted molar refractivity (Wildman–Crippen MR) is 144 cm³/mol. The molecule has 0 saturated carbocycles. The third-order valence-electron chi connectivity index (χ3n) is 6.10. The first-order valence-corrected chi connectivity index (χ1v) is 13.1. The summed E-state index contributed by atoms with van der Waals surface area (Å²) in [6, 6.07) is 15.0. The Hall–Kier alpha value is -3.99. The molecule has 2 aromatic carbocycles. The molecule has 3 rings (SSSR count). The van der Waals surface area contributed by atoms with Crippen molar-refractivity contribution in [3.8, 4) is 0 Å². The Kier molecular flexibility index (Phi) is 10.2. The summed E-state index contributed by atoms with van der Waals surface area (Å²) in [5.74, 6) is -2.38. The van der Waals surface area contributed by atoms with Crippen LogP contribution in [0.2, 0.25) is 0 Å². The van der Waals surface area contributed by atoms with Crippen molar-refractivity contribution in [2.45, 2.75) is 25.8 Å². The fourth-order valence-corrected chi connectivity index (χ4v) is 5.46. The minimum atomic E-state index is -0.969. The Labute approximate surface area is 224 Å². The molecule has 3 unspecified atom stereocenters. The van der Waals surface area contributed by atoms with Crippen molar-refractivity contribution in [1.82, 2.24) is 5.32 Å². The lowest BCUT2D eigenvalue weighted by Gasteiger charge is -2.32. The van der Waals surface area contributed by atoms with Gasteiger partial charge in [0.25, 0.3) is 5.69 Å². The number of nitro benzene ring substituents is 1. The zero-order valence-electron chi connectivity index (χ0n) is 21.3. The van der Waals surface area contributed by atoms with E-state index in [0.29, 0.717) is 29.1 Å². The van der Waals surface area contributed by atoms with Crippen LogP contribution in [0, 0.1) is 16.0 Å². The summed E-state index contributed by atoms with van der Waals surface area (Å²) in [7, 11) is 1.24. The lowest BCUT2D eigenvalue weighted by atomic mass is 9.75. The Morgan fingerprint density at radius 3 is 2.58 bits per heavy atom. The van der Waals surface area contributed by atoms with E-state index in [1.807, 2.05) is 30.3 Å². The van der Waals surface area contributed by atoms with Gasteiger partial charge in [-0.2, -0.15) is 11.8 Å². The third-order valence-corrected chi connectivity index (χ3v) is 7.15. The molecule has 0 spiro atoms. The first kappa shape index (κ1) is 28.6.